The van der Waals surface area contributed by atoms with Gasteiger partial charge in [0.2, 0.25) is 10.0 Å². The lowest BCUT2D eigenvalue weighted by molar-refractivity contribution is 0.580. The summed E-state index contributed by atoms with van der Waals surface area (Å²) in [6.07, 6.45) is 0.794. The van der Waals surface area contributed by atoms with E-state index in [1.54, 1.807) is 30.0 Å². The minimum atomic E-state index is -3.33. The van der Waals surface area contributed by atoms with E-state index in [-0.39, 0.29) is 0 Å². The third kappa shape index (κ3) is 3.81. The average molecular weight is 259 g/mol. The fraction of sp³-hybridized carbons (Fsp3) is 0.455. The molecule has 1 rings (SSSR count). The minimum absolute atomic E-state index is 0.347. The van der Waals surface area contributed by atoms with E-state index in [0.29, 0.717) is 11.4 Å². The lowest BCUT2D eigenvalue weighted by Gasteiger charge is -2.06. The van der Waals surface area contributed by atoms with E-state index in [4.69, 9.17) is 0 Å². The van der Waals surface area contributed by atoms with Crippen LogP contribution in [0.5, 0.6) is 0 Å². The summed E-state index contributed by atoms with van der Waals surface area (Å²) in [5.74, 6) is 0.936. The second-order valence-corrected chi connectivity index (χ2v) is 6.41. The van der Waals surface area contributed by atoms with Crippen molar-refractivity contribution in [1.82, 2.24) is 4.72 Å². The summed E-state index contributed by atoms with van der Waals surface area (Å²) in [5, 5.41) is 0. The zero-order chi connectivity index (χ0) is 12.0. The van der Waals surface area contributed by atoms with E-state index >= 15 is 0 Å². The maximum absolute atomic E-state index is 11.8. The number of benzene rings is 1. The molecule has 5 heteroatoms. The molecule has 0 radical (unpaired) electrons. The van der Waals surface area contributed by atoms with Crippen molar-refractivity contribution >= 4 is 21.8 Å². The Kier molecular flexibility index (Phi) is 5.31. The van der Waals surface area contributed by atoms with Crippen LogP contribution in [-0.4, -0.2) is 20.7 Å². The molecule has 0 spiro atoms. The Hall–Kier alpha value is -0.520. The standard InChI is InChI=1S/C11H17NO2S2/c1-3-8-12-16(13,14)11-7-5-6-10(9-11)15-4-2/h5-7,9,12H,3-4,8H2,1-2H3. The summed E-state index contributed by atoms with van der Waals surface area (Å²) < 4.78 is 26.2. The Labute approximate surface area is 102 Å². The van der Waals surface area contributed by atoms with Gasteiger partial charge >= 0.3 is 0 Å². The Morgan fingerprint density at radius 2 is 2.06 bits per heavy atom. The number of hydrogen-bond acceptors (Lipinski definition) is 3. The maximum Gasteiger partial charge on any atom is 0.240 e. The predicted molar refractivity (Wildman–Crippen MR) is 68.3 cm³/mol. The number of hydrogen-bond donors (Lipinski definition) is 1. The topological polar surface area (TPSA) is 46.2 Å². The number of nitrogens with one attached hydrogen (secondary N) is 1. The van der Waals surface area contributed by atoms with Gasteiger partial charge in [-0.2, -0.15) is 0 Å². The monoisotopic (exact) mass is 259 g/mol. The largest absolute Gasteiger partial charge is 0.240 e. The first-order valence-corrected chi connectivity index (χ1v) is 7.79. The van der Waals surface area contributed by atoms with E-state index in [1.165, 1.54) is 0 Å². The Balaban J connectivity index is 2.90. The van der Waals surface area contributed by atoms with Crippen LogP contribution in [0.15, 0.2) is 34.1 Å². The van der Waals surface area contributed by atoms with Crippen LogP contribution in [0.4, 0.5) is 0 Å². The molecule has 0 aromatic heterocycles. The lowest BCUT2D eigenvalue weighted by Crippen LogP contribution is -2.24. The normalized spacial score (nSPS) is 11.6. The van der Waals surface area contributed by atoms with E-state index < -0.39 is 10.0 Å². The molecule has 0 saturated carbocycles. The molecule has 0 saturated heterocycles. The summed E-state index contributed by atoms with van der Waals surface area (Å²) in [6.45, 7) is 4.46. The number of thioether (sulfide) groups is 1. The summed E-state index contributed by atoms with van der Waals surface area (Å²) >= 11 is 1.64. The third-order valence-electron chi connectivity index (χ3n) is 1.97. The molecule has 0 fully saturated rings. The fourth-order valence-corrected chi connectivity index (χ4v) is 3.19. The number of sulfonamides is 1. The summed E-state index contributed by atoms with van der Waals surface area (Å²) in [4.78, 5) is 1.33. The molecular weight excluding hydrogens is 242 g/mol. The van der Waals surface area contributed by atoms with Crippen LogP contribution in [0.3, 0.4) is 0 Å². The van der Waals surface area contributed by atoms with Crippen molar-refractivity contribution in [3.63, 3.8) is 0 Å². The quantitative estimate of drug-likeness (QED) is 0.798. The average Bonchev–Trinajstić information content (AvgIpc) is 2.27. The van der Waals surface area contributed by atoms with E-state index in [9.17, 15) is 8.42 Å². The molecule has 1 aromatic rings. The highest BCUT2D eigenvalue weighted by atomic mass is 32.2. The highest BCUT2D eigenvalue weighted by Gasteiger charge is 2.12. The van der Waals surface area contributed by atoms with Crippen LogP contribution < -0.4 is 4.72 Å². The molecular formula is C11H17NO2S2. The molecule has 0 atom stereocenters. The van der Waals surface area contributed by atoms with Gasteiger partial charge in [0, 0.05) is 11.4 Å². The van der Waals surface area contributed by atoms with Gasteiger partial charge in [-0.1, -0.05) is 19.9 Å². The van der Waals surface area contributed by atoms with Crippen molar-refractivity contribution < 1.29 is 8.42 Å². The van der Waals surface area contributed by atoms with Gasteiger partial charge in [0.1, 0.15) is 0 Å². The van der Waals surface area contributed by atoms with Gasteiger partial charge in [-0.15, -0.1) is 11.8 Å². The predicted octanol–water partition coefficient (Wildman–Crippen LogP) is 2.49. The van der Waals surface area contributed by atoms with Crippen molar-refractivity contribution in [1.29, 1.82) is 0 Å². The molecule has 0 unspecified atom stereocenters. The van der Waals surface area contributed by atoms with Crippen molar-refractivity contribution in [2.75, 3.05) is 12.3 Å². The molecule has 0 aliphatic heterocycles. The summed E-state index contributed by atoms with van der Waals surface area (Å²) in [7, 11) is -3.33. The van der Waals surface area contributed by atoms with Gasteiger partial charge in [-0.05, 0) is 30.4 Å². The molecule has 0 aliphatic carbocycles. The van der Waals surface area contributed by atoms with Gasteiger partial charge < -0.3 is 0 Å². The van der Waals surface area contributed by atoms with Crippen LogP contribution in [0.2, 0.25) is 0 Å². The molecule has 0 bridgehead atoms. The van der Waals surface area contributed by atoms with Crippen LogP contribution in [0.25, 0.3) is 0 Å². The number of rotatable bonds is 6. The third-order valence-corrected chi connectivity index (χ3v) is 4.30. The summed E-state index contributed by atoms with van der Waals surface area (Å²) in [6, 6.07) is 7.04. The molecule has 0 amide bonds. The summed E-state index contributed by atoms with van der Waals surface area (Å²) in [5.41, 5.74) is 0. The van der Waals surface area contributed by atoms with Crippen LogP contribution >= 0.6 is 11.8 Å². The first kappa shape index (κ1) is 13.5. The molecule has 1 aromatic carbocycles. The van der Waals surface area contributed by atoms with Crippen molar-refractivity contribution in [3.8, 4) is 0 Å². The smallest absolute Gasteiger partial charge is 0.211 e. The SMILES string of the molecule is CCCNS(=O)(=O)c1cccc(SCC)c1. The van der Waals surface area contributed by atoms with E-state index in [1.807, 2.05) is 19.9 Å². The zero-order valence-electron chi connectivity index (χ0n) is 9.56. The molecule has 1 N–H and O–H groups in total. The van der Waals surface area contributed by atoms with Crippen LogP contribution in [0.1, 0.15) is 20.3 Å². The highest BCUT2D eigenvalue weighted by molar-refractivity contribution is 7.99. The second-order valence-electron chi connectivity index (χ2n) is 3.31. The van der Waals surface area contributed by atoms with E-state index in [2.05, 4.69) is 4.72 Å². The Bertz CT molecular complexity index is 429. The molecule has 90 valence electrons. The Morgan fingerprint density at radius 3 is 2.69 bits per heavy atom. The molecule has 0 aliphatic rings. The van der Waals surface area contributed by atoms with Crippen molar-refractivity contribution in [2.45, 2.75) is 30.1 Å². The van der Waals surface area contributed by atoms with Gasteiger partial charge in [-0.25, -0.2) is 13.1 Å². The van der Waals surface area contributed by atoms with E-state index in [0.717, 1.165) is 17.1 Å². The Morgan fingerprint density at radius 1 is 1.31 bits per heavy atom. The maximum atomic E-state index is 11.8. The van der Waals surface area contributed by atoms with Crippen LogP contribution in [0, 0.1) is 0 Å². The van der Waals surface area contributed by atoms with Gasteiger partial charge in [-0.3, -0.25) is 0 Å². The van der Waals surface area contributed by atoms with Crippen LogP contribution in [-0.2, 0) is 10.0 Å². The first-order chi connectivity index (χ1) is 7.60. The zero-order valence-corrected chi connectivity index (χ0v) is 11.2. The minimum Gasteiger partial charge on any atom is -0.211 e. The van der Waals surface area contributed by atoms with Gasteiger partial charge in [0.15, 0.2) is 0 Å². The van der Waals surface area contributed by atoms with Crippen molar-refractivity contribution in [2.24, 2.45) is 0 Å². The fourth-order valence-electron chi connectivity index (χ4n) is 1.22. The first-order valence-electron chi connectivity index (χ1n) is 5.32. The second kappa shape index (κ2) is 6.27. The molecule has 3 nitrogen and oxygen atoms in total. The highest BCUT2D eigenvalue weighted by Crippen LogP contribution is 2.20. The molecule has 16 heavy (non-hydrogen) atoms. The van der Waals surface area contributed by atoms with Crippen molar-refractivity contribution in [3.05, 3.63) is 24.3 Å². The van der Waals surface area contributed by atoms with Gasteiger partial charge in [0.25, 0.3) is 0 Å². The lowest BCUT2D eigenvalue weighted by atomic mass is 10.4. The van der Waals surface area contributed by atoms with Gasteiger partial charge in [0.05, 0.1) is 4.90 Å². The molecule has 0 heterocycles.